The van der Waals surface area contributed by atoms with Crippen molar-refractivity contribution in [1.29, 1.82) is 10.5 Å². The zero-order valence-corrected chi connectivity index (χ0v) is 9.80. The van der Waals surface area contributed by atoms with Crippen LogP contribution in [-0.4, -0.2) is 18.2 Å². The Bertz CT molecular complexity index is 429. The van der Waals surface area contributed by atoms with Crippen molar-refractivity contribution in [3.63, 3.8) is 0 Å². The van der Waals surface area contributed by atoms with Crippen LogP contribution in [0.1, 0.15) is 25.0 Å². The molecule has 0 saturated heterocycles. The van der Waals surface area contributed by atoms with Crippen LogP contribution in [0.2, 0.25) is 0 Å². The Hall–Kier alpha value is -2.04. The van der Waals surface area contributed by atoms with Gasteiger partial charge >= 0.3 is 0 Å². The maximum atomic E-state index is 9.90. The van der Waals surface area contributed by atoms with Crippen molar-refractivity contribution in [1.82, 2.24) is 0 Å². The number of hydrogen-bond donors (Lipinski definition) is 1. The number of anilines is 1. The molecule has 88 valence electrons. The number of aliphatic hydroxyl groups is 1. The van der Waals surface area contributed by atoms with Crippen molar-refractivity contribution in [2.45, 2.75) is 19.4 Å². The fourth-order valence-electron chi connectivity index (χ4n) is 1.67. The van der Waals surface area contributed by atoms with Gasteiger partial charge in [0, 0.05) is 11.3 Å². The third kappa shape index (κ3) is 3.21. The minimum atomic E-state index is -0.564. The summed E-state index contributed by atoms with van der Waals surface area (Å²) in [6.45, 7) is 2.17. The van der Waals surface area contributed by atoms with E-state index in [0.29, 0.717) is 6.42 Å². The highest BCUT2D eigenvalue weighted by Gasteiger charge is 2.14. The average Bonchev–Trinajstić information content (AvgIpc) is 2.37. The van der Waals surface area contributed by atoms with Crippen molar-refractivity contribution in [3.05, 3.63) is 29.8 Å². The second-order valence-electron chi connectivity index (χ2n) is 3.66. The van der Waals surface area contributed by atoms with E-state index in [1.165, 1.54) is 0 Å². The summed E-state index contributed by atoms with van der Waals surface area (Å²) < 4.78 is 0. The number of rotatable bonds is 5. The maximum absolute atomic E-state index is 9.90. The molecule has 0 aliphatic carbocycles. The van der Waals surface area contributed by atoms with E-state index in [1.807, 2.05) is 43.3 Å². The molecule has 0 bridgehead atoms. The lowest BCUT2D eigenvalue weighted by atomic mass is 10.0. The predicted molar refractivity (Wildman–Crippen MR) is 65.1 cm³/mol. The molecular weight excluding hydrogens is 214 g/mol. The lowest BCUT2D eigenvalue weighted by Crippen LogP contribution is -2.25. The number of nitriles is 2. The van der Waals surface area contributed by atoms with E-state index in [-0.39, 0.29) is 13.1 Å². The summed E-state index contributed by atoms with van der Waals surface area (Å²) in [6.07, 6.45) is 0.0373. The molecule has 0 spiro atoms. The van der Waals surface area contributed by atoms with Crippen LogP contribution in [0.25, 0.3) is 0 Å². The summed E-state index contributed by atoms with van der Waals surface area (Å²) in [5, 5.41) is 27.4. The van der Waals surface area contributed by atoms with Crippen molar-refractivity contribution < 1.29 is 5.11 Å². The van der Waals surface area contributed by atoms with Gasteiger partial charge < -0.3 is 10.0 Å². The normalized spacial score (nSPS) is 11.3. The third-order valence-electron chi connectivity index (χ3n) is 2.55. The van der Waals surface area contributed by atoms with Gasteiger partial charge in [0.05, 0.1) is 18.2 Å². The molecule has 0 heterocycles. The van der Waals surface area contributed by atoms with Gasteiger partial charge in [0.25, 0.3) is 0 Å². The molecule has 4 nitrogen and oxygen atoms in total. The van der Waals surface area contributed by atoms with Gasteiger partial charge in [-0.3, -0.25) is 0 Å². The summed E-state index contributed by atoms with van der Waals surface area (Å²) in [7, 11) is 0. The van der Waals surface area contributed by atoms with Gasteiger partial charge in [-0.25, -0.2) is 0 Å². The molecular formula is C13H15N3O. The smallest absolute Gasteiger partial charge is 0.106 e. The van der Waals surface area contributed by atoms with Crippen LogP contribution in [0, 0.1) is 22.7 Å². The molecule has 0 unspecified atom stereocenters. The molecule has 0 aliphatic heterocycles. The molecule has 0 fully saturated rings. The van der Waals surface area contributed by atoms with E-state index in [4.69, 9.17) is 10.5 Å². The number of hydrogen-bond acceptors (Lipinski definition) is 4. The first-order valence-electron chi connectivity index (χ1n) is 5.50. The first kappa shape index (κ1) is 13.0. The predicted octanol–water partition coefficient (Wildman–Crippen LogP) is 1.98. The number of aliphatic hydroxyl groups excluding tert-OH is 1. The van der Waals surface area contributed by atoms with Gasteiger partial charge in [0.2, 0.25) is 0 Å². The van der Waals surface area contributed by atoms with Crippen molar-refractivity contribution in [2.75, 3.05) is 18.0 Å². The van der Waals surface area contributed by atoms with E-state index in [9.17, 15) is 5.11 Å². The fraction of sp³-hybridized carbons (Fsp3) is 0.385. The van der Waals surface area contributed by atoms with Gasteiger partial charge in [-0.05, 0) is 12.5 Å². The minimum absolute atomic E-state index is 0.140. The van der Waals surface area contributed by atoms with Crippen LogP contribution >= 0.6 is 0 Å². The van der Waals surface area contributed by atoms with Crippen LogP contribution in [0.4, 0.5) is 5.69 Å². The summed E-state index contributed by atoms with van der Waals surface area (Å²) >= 11 is 0. The molecule has 0 radical (unpaired) electrons. The zero-order chi connectivity index (χ0) is 12.7. The molecule has 1 N–H and O–H groups in total. The molecule has 4 heteroatoms. The highest BCUT2D eigenvalue weighted by molar-refractivity contribution is 5.55. The summed E-state index contributed by atoms with van der Waals surface area (Å²) in [4.78, 5) is 1.66. The Morgan fingerprint density at radius 2 is 1.82 bits per heavy atom. The Labute approximate surface area is 101 Å². The molecule has 0 amide bonds. The lowest BCUT2D eigenvalue weighted by Gasteiger charge is -2.23. The molecule has 1 rings (SSSR count). The molecule has 0 aliphatic rings. The SMILES string of the molecule is CC[C@@H](O)c1ccccc1N(CC#N)CC#N. The second kappa shape index (κ2) is 6.52. The largest absolute Gasteiger partial charge is 0.388 e. The lowest BCUT2D eigenvalue weighted by molar-refractivity contribution is 0.174. The summed E-state index contributed by atoms with van der Waals surface area (Å²) in [5.74, 6) is 0. The van der Waals surface area contributed by atoms with E-state index in [2.05, 4.69) is 0 Å². The van der Waals surface area contributed by atoms with Crippen LogP contribution in [0.5, 0.6) is 0 Å². The Kier molecular flexibility index (Phi) is 5.00. The Morgan fingerprint density at radius 3 is 2.35 bits per heavy atom. The maximum Gasteiger partial charge on any atom is 0.106 e. The first-order chi connectivity index (χ1) is 8.24. The van der Waals surface area contributed by atoms with Gasteiger partial charge in [0.15, 0.2) is 0 Å². The molecule has 0 saturated carbocycles. The van der Waals surface area contributed by atoms with E-state index in [1.54, 1.807) is 4.90 Å². The quantitative estimate of drug-likeness (QED) is 0.784. The summed E-state index contributed by atoms with van der Waals surface area (Å²) in [5.41, 5.74) is 1.52. The molecule has 1 aromatic rings. The topological polar surface area (TPSA) is 71.0 Å². The van der Waals surface area contributed by atoms with E-state index in [0.717, 1.165) is 11.3 Å². The third-order valence-corrected chi connectivity index (χ3v) is 2.55. The van der Waals surface area contributed by atoms with Gasteiger partial charge in [-0.15, -0.1) is 0 Å². The van der Waals surface area contributed by atoms with Gasteiger partial charge in [-0.2, -0.15) is 10.5 Å². The highest BCUT2D eigenvalue weighted by Crippen LogP contribution is 2.27. The zero-order valence-electron chi connectivity index (χ0n) is 9.80. The molecule has 17 heavy (non-hydrogen) atoms. The van der Waals surface area contributed by atoms with Gasteiger partial charge in [0.1, 0.15) is 13.1 Å². The van der Waals surface area contributed by atoms with E-state index >= 15 is 0 Å². The van der Waals surface area contributed by atoms with E-state index < -0.39 is 6.10 Å². The standard InChI is InChI=1S/C13H15N3O/c1-2-13(17)11-5-3-4-6-12(11)16(9-7-14)10-8-15/h3-6,13,17H,2,9-10H2,1H3/t13-/m1/s1. The Balaban J connectivity index is 3.10. The van der Waals surface area contributed by atoms with Crippen LogP contribution < -0.4 is 4.90 Å². The average molecular weight is 229 g/mol. The molecule has 1 aromatic carbocycles. The Morgan fingerprint density at radius 1 is 1.24 bits per heavy atom. The summed E-state index contributed by atoms with van der Waals surface area (Å²) in [6, 6.07) is 11.4. The van der Waals surface area contributed by atoms with Crippen molar-refractivity contribution in [2.24, 2.45) is 0 Å². The second-order valence-corrected chi connectivity index (χ2v) is 3.66. The first-order valence-corrected chi connectivity index (χ1v) is 5.50. The van der Waals surface area contributed by atoms with Crippen molar-refractivity contribution >= 4 is 5.69 Å². The van der Waals surface area contributed by atoms with Crippen LogP contribution in [-0.2, 0) is 0 Å². The van der Waals surface area contributed by atoms with Gasteiger partial charge in [-0.1, -0.05) is 25.1 Å². The number of benzene rings is 1. The monoisotopic (exact) mass is 229 g/mol. The van der Waals surface area contributed by atoms with Crippen molar-refractivity contribution in [3.8, 4) is 12.1 Å². The van der Waals surface area contributed by atoms with Crippen LogP contribution in [0.3, 0.4) is 0 Å². The minimum Gasteiger partial charge on any atom is -0.388 e. The fourth-order valence-corrected chi connectivity index (χ4v) is 1.67. The number of nitrogens with zero attached hydrogens (tertiary/aromatic N) is 3. The van der Waals surface area contributed by atoms with Crippen LogP contribution in [0.15, 0.2) is 24.3 Å². The highest BCUT2D eigenvalue weighted by atomic mass is 16.3. The number of para-hydroxylation sites is 1. The molecule has 1 atom stereocenters. The molecule has 0 aromatic heterocycles.